The van der Waals surface area contributed by atoms with E-state index in [1.165, 1.54) is 23.1 Å². The van der Waals surface area contributed by atoms with Gasteiger partial charge in [-0.05, 0) is 31.9 Å². The quantitative estimate of drug-likeness (QED) is 0.787. The molecule has 4 nitrogen and oxygen atoms in total. The summed E-state index contributed by atoms with van der Waals surface area (Å²) in [6.07, 6.45) is 4.79. The molecule has 0 unspecified atom stereocenters. The SMILES string of the molecule is Cc1nn(Cc2nc3ccccc3s2)cc1CNC1CC1. The second-order valence-corrected chi connectivity index (χ2v) is 6.78. The molecule has 0 aliphatic heterocycles. The standard InChI is InChI=1S/C16H18N4S/c1-11-12(8-17-13-6-7-13)9-20(19-11)10-16-18-14-4-2-3-5-15(14)21-16/h2-5,9,13,17H,6-8,10H2,1H3. The highest BCUT2D eigenvalue weighted by molar-refractivity contribution is 7.18. The van der Waals surface area contributed by atoms with Crippen LogP contribution in [-0.2, 0) is 13.1 Å². The second kappa shape index (κ2) is 5.24. The van der Waals surface area contributed by atoms with E-state index in [4.69, 9.17) is 0 Å². The lowest BCUT2D eigenvalue weighted by Crippen LogP contribution is -2.15. The molecule has 1 aliphatic carbocycles. The van der Waals surface area contributed by atoms with Gasteiger partial charge in [-0.15, -0.1) is 11.3 Å². The van der Waals surface area contributed by atoms with Gasteiger partial charge in [0.1, 0.15) is 5.01 Å². The molecule has 21 heavy (non-hydrogen) atoms. The number of nitrogens with zero attached hydrogens (tertiary/aromatic N) is 3. The van der Waals surface area contributed by atoms with E-state index in [1.807, 2.05) is 10.7 Å². The van der Waals surface area contributed by atoms with Crippen LogP contribution in [0.25, 0.3) is 10.2 Å². The number of rotatable bonds is 5. The van der Waals surface area contributed by atoms with E-state index in [9.17, 15) is 0 Å². The van der Waals surface area contributed by atoms with Gasteiger partial charge in [0, 0.05) is 24.3 Å². The largest absolute Gasteiger partial charge is 0.310 e. The normalized spacial score (nSPS) is 14.9. The first-order chi connectivity index (χ1) is 10.3. The zero-order valence-electron chi connectivity index (χ0n) is 12.0. The molecule has 5 heteroatoms. The minimum atomic E-state index is 0.733. The summed E-state index contributed by atoms with van der Waals surface area (Å²) in [6.45, 7) is 3.76. The van der Waals surface area contributed by atoms with Crippen molar-refractivity contribution in [1.29, 1.82) is 0 Å². The van der Waals surface area contributed by atoms with Gasteiger partial charge in [-0.3, -0.25) is 4.68 Å². The van der Waals surface area contributed by atoms with Gasteiger partial charge in [0.15, 0.2) is 0 Å². The van der Waals surface area contributed by atoms with Crippen LogP contribution in [-0.4, -0.2) is 20.8 Å². The monoisotopic (exact) mass is 298 g/mol. The molecule has 3 aromatic rings. The molecule has 0 saturated heterocycles. The van der Waals surface area contributed by atoms with Crippen LogP contribution in [0.5, 0.6) is 0 Å². The van der Waals surface area contributed by atoms with Crippen LogP contribution in [0.4, 0.5) is 0 Å². The van der Waals surface area contributed by atoms with Gasteiger partial charge in [-0.1, -0.05) is 12.1 Å². The number of para-hydroxylation sites is 1. The molecule has 1 N–H and O–H groups in total. The number of hydrogen-bond acceptors (Lipinski definition) is 4. The van der Waals surface area contributed by atoms with Gasteiger partial charge in [0.05, 0.1) is 22.5 Å². The van der Waals surface area contributed by atoms with Crippen molar-refractivity contribution in [2.75, 3.05) is 0 Å². The Bertz CT molecular complexity index is 737. The van der Waals surface area contributed by atoms with Crippen LogP contribution in [0, 0.1) is 6.92 Å². The maximum atomic E-state index is 4.67. The maximum Gasteiger partial charge on any atom is 0.115 e. The lowest BCUT2D eigenvalue weighted by molar-refractivity contribution is 0.672. The minimum absolute atomic E-state index is 0.733. The molecular weight excluding hydrogens is 280 g/mol. The fourth-order valence-electron chi connectivity index (χ4n) is 2.48. The Morgan fingerprint density at radius 3 is 3.00 bits per heavy atom. The zero-order valence-corrected chi connectivity index (χ0v) is 12.9. The number of nitrogens with one attached hydrogen (secondary N) is 1. The second-order valence-electron chi connectivity index (χ2n) is 5.67. The van der Waals surface area contributed by atoms with Crippen molar-refractivity contribution in [2.45, 2.75) is 38.9 Å². The van der Waals surface area contributed by atoms with Crippen LogP contribution < -0.4 is 5.32 Å². The van der Waals surface area contributed by atoms with Crippen molar-refractivity contribution in [1.82, 2.24) is 20.1 Å². The van der Waals surface area contributed by atoms with Crippen molar-refractivity contribution in [3.05, 3.63) is 46.7 Å². The number of thiazole rings is 1. The summed E-state index contributed by atoms with van der Waals surface area (Å²) in [5, 5.41) is 9.28. The minimum Gasteiger partial charge on any atom is -0.310 e. The van der Waals surface area contributed by atoms with Gasteiger partial charge in [0.2, 0.25) is 0 Å². The van der Waals surface area contributed by atoms with Crippen molar-refractivity contribution in [3.63, 3.8) is 0 Å². The Morgan fingerprint density at radius 2 is 2.19 bits per heavy atom. The predicted octanol–water partition coefficient (Wildman–Crippen LogP) is 3.10. The van der Waals surface area contributed by atoms with Gasteiger partial charge in [-0.25, -0.2) is 4.98 Å². The number of benzene rings is 1. The van der Waals surface area contributed by atoms with Crippen molar-refractivity contribution < 1.29 is 0 Å². The molecule has 0 spiro atoms. The Morgan fingerprint density at radius 1 is 1.33 bits per heavy atom. The molecule has 1 fully saturated rings. The van der Waals surface area contributed by atoms with E-state index in [0.29, 0.717) is 0 Å². The third-order valence-electron chi connectivity index (χ3n) is 3.84. The van der Waals surface area contributed by atoms with E-state index < -0.39 is 0 Å². The Hall–Kier alpha value is -1.72. The predicted molar refractivity (Wildman–Crippen MR) is 85.5 cm³/mol. The van der Waals surface area contributed by atoms with Gasteiger partial charge in [-0.2, -0.15) is 5.10 Å². The molecule has 1 aromatic carbocycles. The van der Waals surface area contributed by atoms with Crippen LogP contribution >= 0.6 is 11.3 Å². The lowest BCUT2D eigenvalue weighted by atomic mass is 10.2. The molecule has 0 bridgehead atoms. The first-order valence-corrected chi connectivity index (χ1v) is 8.20. The van der Waals surface area contributed by atoms with Gasteiger partial charge in [0.25, 0.3) is 0 Å². The van der Waals surface area contributed by atoms with Crippen LogP contribution in [0.15, 0.2) is 30.5 Å². The highest BCUT2D eigenvalue weighted by Gasteiger charge is 2.20. The molecular formula is C16H18N4S. The third kappa shape index (κ3) is 2.84. The summed E-state index contributed by atoms with van der Waals surface area (Å²) in [7, 11) is 0. The van der Waals surface area contributed by atoms with E-state index in [0.717, 1.165) is 35.3 Å². The smallest absolute Gasteiger partial charge is 0.115 e. The van der Waals surface area contributed by atoms with Crippen LogP contribution in [0.2, 0.25) is 0 Å². The first-order valence-electron chi connectivity index (χ1n) is 7.39. The number of aryl methyl sites for hydroxylation is 1. The van der Waals surface area contributed by atoms with Crippen LogP contribution in [0.1, 0.15) is 29.1 Å². The molecule has 2 aromatic heterocycles. The topological polar surface area (TPSA) is 42.7 Å². The van der Waals surface area contributed by atoms with Crippen molar-refractivity contribution >= 4 is 21.6 Å². The maximum absolute atomic E-state index is 4.67. The average molecular weight is 298 g/mol. The molecule has 4 rings (SSSR count). The molecule has 2 heterocycles. The first kappa shape index (κ1) is 13.0. The zero-order chi connectivity index (χ0) is 14.2. The number of hydrogen-bond donors (Lipinski definition) is 1. The highest BCUT2D eigenvalue weighted by atomic mass is 32.1. The Balaban J connectivity index is 1.51. The average Bonchev–Trinajstić information content (AvgIpc) is 3.11. The van der Waals surface area contributed by atoms with E-state index in [1.54, 1.807) is 11.3 Å². The molecule has 0 atom stereocenters. The van der Waals surface area contributed by atoms with E-state index in [-0.39, 0.29) is 0 Å². The van der Waals surface area contributed by atoms with Crippen molar-refractivity contribution in [3.8, 4) is 0 Å². The molecule has 1 saturated carbocycles. The summed E-state index contributed by atoms with van der Waals surface area (Å²) in [5.74, 6) is 0. The van der Waals surface area contributed by atoms with E-state index in [2.05, 4.69) is 46.7 Å². The number of aromatic nitrogens is 3. The van der Waals surface area contributed by atoms with Crippen molar-refractivity contribution in [2.24, 2.45) is 0 Å². The Labute approximate surface area is 127 Å². The Kier molecular flexibility index (Phi) is 3.24. The fraction of sp³-hybridized carbons (Fsp3) is 0.375. The summed E-state index contributed by atoms with van der Waals surface area (Å²) < 4.78 is 3.25. The van der Waals surface area contributed by atoms with E-state index >= 15 is 0 Å². The number of fused-ring (bicyclic) bond motifs is 1. The summed E-state index contributed by atoms with van der Waals surface area (Å²) in [5.41, 5.74) is 3.49. The lowest BCUT2D eigenvalue weighted by Gasteiger charge is -1.99. The molecule has 1 aliphatic rings. The fourth-order valence-corrected chi connectivity index (χ4v) is 3.44. The summed E-state index contributed by atoms with van der Waals surface area (Å²) in [4.78, 5) is 4.67. The molecule has 0 radical (unpaired) electrons. The van der Waals surface area contributed by atoms with Gasteiger partial charge < -0.3 is 5.32 Å². The summed E-state index contributed by atoms with van der Waals surface area (Å²) >= 11 is 1.75. The highest BCUT2D eigenvalue weighted by Crippen LogP contribution is 2.23. The molecule has 108 valence electrons. The van der Waals surface area contributed by atoms with Gasteiger partial charge >= 0.3 is 0 Å². The van der Waals surface area contributed by atoms with Crippen LogP contribution in [0.3, 0.4) is 0 Å². The summed E-state index contributed by atoms with van der Waals surface area (Å²) in [6, 6.07) is 9.01. The molecule has 0 amide bonds. The third-order valence-corrected chi connectivity index (χ3v) is 4.86.